The Hall–Kier alpha value is -1.65. The molecule has 1 aliphatic rings. The summed E-state index contributed by atoms with van der Waals surface area (Å²) >= 11 is 3.27. The molecule has 0 saturated heterocycles. The molecule has 3 aromatic rings. The Kier molecular flexibility index (Phi) is 2.69. The van der Waals surface area contributed by atoms with Gasteiger partial charge in [-0.3, -0.25) is 4.79 Å². The topological polar surface area (TPSA) is 17.1 Å². The first-order chi connectivity index (χ1) is 9.74. The Bertz CT molecular complexity index is 851. The summed E-state index contributed by atoms with van der Waals surface area (Å²) in [5.74, 6) is 0.336. The molecule has 1 aliphatic heterocycles. The summed E-state index contributed by atoms with van der Waals surface area (Å²) in [4.78, 5) is 13.7. The Morgan fingerprint density at radius 3 is 2.80 bits per heavy atom. The van der Waals surface area contributed by atoms with E-state index in [9.17, 15) is 9.18 Å². The second-order valence-electron chi connectivity index (χ2n) is 4.70. The summed E-state index contributed by atoms with van der Waals surface area (Å²) < 4.78 is 14.5. The van der Waals surface area contributed by atoms with Crippen LogP contribution >= 0.6 is 23.1 Å². The summed E-state index contributed by atoms with van der Waals surface area (Å²) in [6.07, 6.45) is 0. The fourth-order valence-corrected chi connectivity index (χ4v) is 4.79. The van der Waals surface area contributed by atoms with Crippen LogP contribution in [0.5, 0.6) is 0 Å². The summed E-state index contributed by atoms with van der Waals surface area (Å²) in [6, 6.07) is 10.4. The fourth-order valence-electron chi connectivity index (χ4n) is 2.53. The van der Waals surface area contributed by atoms with Gasteiger partial charge in [0.25, 0.3) is 0 Å². The molecule has 2 aromatic carbocycles. The molecule has 0 bridgehead atoms. The molecule has 0 spiro atoms. The minimum Gasteiger partial charge on any atom is -0.289 e. The molecule has 1 nitrogen and oxygen atoms in total. The zero-order valence-corrected chi connectivity index (χ0v) is 12.0. The van der Waals surface area contributed by atoms with Crippen molar-refractivity contribution in [1.82, 2.24) is 0 Å². The van der Waals surface area contributed by atoms with Crippen molar-refractivity contribution >= 4 is 39.0 Å². The second kappa shape index (κ2) is 4.43. The second-order valence-corrected chi connectivity index (χ2v) is 6.60. The number of rotatable bonds is 0. The van der Waals surface area contributed by atoms with Gasteiger partial charge in [-0.15, -0.1) is 23.1 Å². The number of hydrogen-bond acceptors (Lipinski definition) is 3. The van der Waals surface area contributed by atoms with Gasteiger partial charge in [0.15, 0.2) is 5.78 Å². The zero-order valence-electron chi connectivity index (χ0n) is 10.4. The number of ketones is 1. The first kappa shape index (κ1) is 12.1. The number of carbonyl (C=O) groups is 1. The third-order valence-electron chi connectivity index (χ3n) is 3.50. The van der Waals surface area contributed by atoms with Gasteiger partial charge in [-0.2, -0.15) is 0 Å². The molecule has 1 aromatic heterocycles. The molecule has 0 unspecified atom stereocenters. The van der Waals surface area contributed by atoms with Crippen molar-refractivity contribution in [2.45, 2.75) is 10.6 Å². The Labute approximate surface area is 123 Å². The number of carbonyl (C=O) groups excluding carboxylic acids is 1. The SMILES string of the molecule is O=C1c2ccc(F)cc2CSc2c1ccc1ccsc21. The number of benzene rings is 2. The number of fused-ring (bicyclic) bond motifs is 4. The van der Waals surface area contributed by atoms with E-state index in [1.165, 1.54) is 12.1 Å². The lowest BCUT2D eigenvalue weighted by molar-refractivity contribution is 0.103. The molecular weight excluding hydrogens is 291 g/mol. The fraction of sp³-hybridized carbons (Fsp3) is 0.0625. The minimum atomic E-state index is -0.288. The quantitative estimate of drug-likeness (QED) is 0.589. The molecule has 4 heteroatoms. The highest BCUT2D eigenvalue weighted by Crippen LogP contribution is 2.40. The molecular formula is C16H9FOS2. The van der Waals surface area contributed by atoms with Crippen molar-refractivity contribution in [2.24, 2.45) is 0 Å². The molecule has 0 aliphatic carbocycles. The van der Waals surface area contributed by atoms with Crippen LogP contribution in [-0.2, 0) is 5.75 Å². The highest BCUT2D eigenvalue weighted by Gasteiger charge is 2.23. The molecule has 2 heterocycles. The van der Waals surface area contributed by atoms with E-state index in [-0.39, 0.29) is 11.6 Å². The van der Waals surface area contributed by atoms with Crippen LogP contribution in [0.2, 0.25) is 0 Å². The third kappa shape index (κ3) is 1.72. The molecule has 98 valence electrons. The predicted octanol–water partition coefficient (Wildman–Crippen LogP) is 4.88. The number of halogens is 1. The van der Waals surface area contributed by atoms with Crippen molar-refractivity contribution in [3.63, 3.8) is 0 Å². The summed E-state index contributed by atoms with van der Waals surface area (Å²) in [7, 11) is 0. The Morgan fingerprint density at radius 2 is 1.90 bits per heavy atom. The zero-order chi connectivity index (χ0) is 13.7. The maximum atomic E-state index is 13.4. The van der Waals surface area contributed by atoms with E-state index in [0.29, 0.717) is 11.3 Å². The van der Waals surface area contributed by atoms with Crippen molar-refractivity contribution in [2.75, 3.05) is 0 Å². The van der Waals surface area contributed by atoms with E-state index in [4.69, 9.17) is 0 Å². The highest BCUT2D eigenvalue weighted by molar-refractivity contribution is 7.99. The van der Waals surface area contributed by atoms with Crippen molar-refractivity contribution in [3.8, 4) is 0 Å². The van der Waals surface area contributed by atoms with Crippen LogP contribution in [-0.4, -0.2) is 5.78 Å². The van der Waals surface area contributed by atoms with Crippen LogP contribution in [0.25, 0.3) is 10.1 Å². The lowest BCUT2D eigenvalue weighted by atomic mass is 9.99. The van der Waals surface area contributed by atoms with E-state index in [2.05, 4.69) is 6.07 Å². The molecule has 0 atom stereocenters. The number of hydrogen-bond donors (Lipinski definition) is 0. The van der Waals surface area contributed by atoms with Crippen molar-refractivity contribution < 1.29 is 9.18 Å². The van der Waals surface area contributed by atoms with Gasteiger partial charge >= 0.3 is 0 Å². The lowest BCUT2D eigenvalue weighted by Crippen LogP contribution is -2.04. The van der Waals surface area contributed by atoms with Gasteiger partial charge in [0, 0.05) is 26.5 Å². The average Bonchev–Trinajstić information content (AvgIpc) is 2.87. The molecule has 0 N–H and O–H groups in total. The lowest BCUT2D eigenvalue weighted by Gasteiger charge is -2.05. The van der Waals surface area contributed by atoms with E-state index < -0.39 is 0 Å². The van der Waals surface area contributed by atoms with Crippen LogP contribution < -0.4 is 0 Å². The van der Waals surface area contributed by atoms with Gasteiger partial charge in [-0.25, -0.2) is 4.39 Å². The van der Waals surface area contributed by atoms with E-state index in [0.717, 1.165) is 26.1 Å². The molecule has 0 radical (unpaired) electrons. The molecule has 0 fully saturated rings. The number of thioether (sulfide) groups is 1. The molecule has 0 saturated carbocycles. The predicted molar refractivity (Wildman–Crippen MR) is 81.2 cm³/mol. The first-order valence-electron chi connectivity index (χ1n) is 6.20. The van der Waals surface area contributed by atoms with E-state index >= 15 is 0 Å². The third-order valence-corrected chi connectivity index (χ3v) is 5.75. The van der Waals surface area contributed by atoms with Crippen molar-refractivity contribution in [1.29, 1.82) is 0 Å². The first-order valence-corrected chi connectivity index (χ1v) is 8.07. The van der Waals surface area contributed by atoms with Crippen LogP contribution in [0.1, 0.15) is 21.5 Å². The van der Waals surface area contributed by atoms with Crippen LogP contribution in [0.4, 0.5) is 4.39 Å². The monoisotopic (exact) mass is 300 g/mol. The summed E-state index contributed by atoms with van der Waals surface area (Å²) in [6.45, 7) is 0. The van der Waals surface area contributed by atoms with E-state index in [1.807, 2.05) is 17.5 Å². The van der Waals surface area contributed by atoms with E-state index in [1.54, 1.807) is 29.2 Å². The largest absolute Gasteiger partial charge is 0.289 e. The van der Waals surface area contributed by atoms with Gasteiger partial charge in [-0.05, 0) is 46.7 Å². The van der Waals surface area contributed by atoms with Gasteiger partial charge in [-0.1, -0.05) is 6.07 Å². The van der Waals surface area contributed by atoms with Gasteiger partial charge in [0.1, 0.15) is 5.82 Å². The highest BCUT2D eigenvalue weighted by atomic mass is 32.2. The molecule has 0 amide bonds. The Balaban J connectivity index is 1.99. The number of thiophene rings is 1. The Morgan fingerprint density at radius 1 is 1.05 bits per heavy atom. The van der Waals surface area contributed by atoms with Gasteiger partial charge < -0.3 is 0 Å². The molecule has 4 rings (SSSR count). The van der Waals surface area contributed by atoms with Crippen LogP contribution in [0.15, 0.2) is 46.7 Å². The smallest absolute Gasteiger partial charge is 0.194 e. The van der Waals surface area contributed by atoms with Gasteiger partial charge in [0.2, 0.25) is 0 Å². The minimum absolute atomic E-state index is 0.00435. The summed E-state index contributed by atoms with van der Waals surface area (Å²) in [5, 5.41) is 3.19. The summed E-state index contributed by atoms with van der Waals surface area (Å²) in [5.41, 5.74) is 2.13. The standard InChI is InChI=1S/C16H9FOS2/c17-11-2-4-12-10(7-11)8-20-16-13(14(12)18)3-1-9-5-6-19-15(9)16/h1-7H,8H2. The van der Waals surface area contributed by atoms with Crippen LogP contribution in [0, 0.1) is 5.82 Å². The average molecular weight is 300 g/mol. The normalized spacial score (nSPS) is 13.9. The maximum absolute atomic E-state index is 13.4. The molecule has 20 heavy (non-hydrogen) atoms. The van der Waals surface area contributed by atoms with Crippen molar-refractivity contribution in [3.05, 3.63) is 64.3 Å². The maximum Gasteiger partial charge on any atom is 0.194 e. The van der Waals surface area contributed by atoms with Crippen LogP contribution in [0.3, 0.4) is 0 Å². The van der Waals surface area contributed by atoms with Gasteiger partial charge in [0.05, 0.1) is 0 Å².